The SMILES string of the molecule is CCN([C@@H]1CCN([C@H]2CCC[C@@H](NC(=O)C3CC4C(F)CCC(C)C4N3)C2)C1)S(C)(=O)=O. The second kappa shape index (κ2) is 9.84. The molecule has 4 aliphatic rings. The van der Waals surface area contributed by atoms with Gasteiger partial charge in [-0.1, -0.05) is 13.8 Å². The summed E-state index contributed by atoms with van der Waals surface area (Å²) in [5.41, 5.74) is 0. The molecule has 5 unspecified atom stereocenters. The van der Waals surface area contributed by atoms with Crippen LogP contribution in [0.2, 0.25) is 0 Å². The average Bonchev–Trinajstić information content (AvgIpc) is 3.39. The van der Waals surface area contributed by atoms with Crippen LogP contribution in [-0.4, -0.2) is 85.8 Å². The van der Waals surface area contributed by atoms with Crippen molar-refractivity contribution in [2.75, 3.05) is 25.9 Å². The molecule has 2 saturated heterocycles. The largest absolute Gasteiger partial charge is 0.352 e. The van der Waals surface area contributed by atoms with Crippen LogP contribution in [0.15, 0.2) is 0 Å². The summed E-state index contributed by atoms with van der Waals surface area (Å²) in [5.74, 6) is 0.408. The van der Waals surface area contributed by atoms with E-state index in [0.29, 0.717) is 31.3 Å². The number of hydrogen-bond donors (Lipinski definition) is 2. The van der Waals surface area contributed by atoms with Gasteiger partial charge in [0.15, 0.2) is 0 Å². The fourth-order valence-corrected chi connectivity index (χ4v) is 8.01. The van der Waals surface area contributed by atoms with E-state index in [1.54, 1.807) is 4.31 Å². The Kier molecular flexibility index (Phi) is 7.49. The Bertz CT molecular complexity index is 763. The Balaban J connectivity index is 1.30. The minimum atomic E-state index is -3.19. The predicted octanol–water partition coefficient (Wildman–Crippen LogP) is 1.88. The van der Waals surface area contributed by atoms with E-state index in [2.05, 4.69) is 22.5 Å². The van der Waals surface area contributed by atoms with Crippen molar-refractivity contribution in [2.45, 2.75) is 102 Å². The van der Waals surface area contributed by atoms with Gasteiger partial charge in [0.2, 0.25) is 15.9 Å². The number of likely N-dealkylation sites (tertiary alicyclic amines) is 1. The normalized spacial score (nSPS) is 41.0. The first-order valence-electron chi connectivity index (χ1n) is 12.6. The molecule has 7 nitrogen and oxygen atoms in total. The molecule has 0 spiro atoms. The number of likely N-dealkylation sites (N-methyl/N-ethyl adjacent to an activating group) is 1. The smallest absolute Gasteiger partial charge is 0.237 e. The summed E-state index contributed by atoms with van der Waals surface area (Å²) < 4.78 is 40.2. The Hall–Kier alpha value is -0.770. The Labute approximate surface area is 192 Å². The number of amides is 1. The van der Waals surface area contributed by atoms with E-state index in [0.717, 1.165) is 51.6 Å². The molecule has 32 heavy (non-hydrogen) atoms. The van der Waals surface area contributed by atoms with Gasteiger partial charge in [-0.3, -0.25) is 9.69 Å². The summed E-state index contributed by atoms with van der Waals surface area (Å²) in [6.45, 7) is 6.25. The number of nitrogens with one attached hydrogen (secondary N) is 2. The van der Waals surface area contributed by atoms with E-state index in [1.807, 2.05) is 6.92 Å². The molecule has 0 bridgehead atoms. The first-order chi connectivity index (χ1) is 15.2. The highest BCUT2D eigenvalue weighted by atomic mass is 32.2. The third-order valence-electron chi connectivity index (χ3n) is 8.50. The van der Waals surface area contributed by atoms with Gasteiger partial charge in [0, 0.05) is 49.7 Å². The van der Waals surface area contributed by atoms with Crippen molar-refractivity contribution in [1.82, 2.24) is 19.8 Å². The van der Waals surface area contributed by atoms with Crippen LogP contribution in [0.3, 0.4) is 0 Å². The van der Waals surface area contributed by atoms with Crippen LogP contribution in [0, 0.1) is 11.8 Å². The van der Waals surface area contributed by atoms with Crippen molar-refractivity contribution in [3.63, 3.8) is 0 Å². The van der Waals surface area contributed by atoms with Crippen molar-refractivity contribution in [3.8, 4) is 0 Å². The minimum Gasteiger partial charge on any atom is -0.352 e. The highest BCUT2D eigenvalue weighted by Crippen LogP contribution is 2.38. The van der Waals surface area contributed by atoms with E-state index in [9.17, 15) is 17.6 Å². The number of carbonyl (C=O) groups is 1. The third-order valence-corrected chi connectivity index (χ3v) is 9.91. The molecule has 0 radical (unpaired) electrons. The van der Waals surface area contributed by atoms with Gasteiger partial charge >= 0.3 is 0 Å². The summed E-state index contributed by atoms with van der Waals surface area (Å²) in [7, 11) is -3.19. The molecule has 0 aromatic rings. The van der Waals surface area contributed by atoms with Crippen molar-refractivity contribution >= 4 is 15.9 Å². The molecule has 184 valence electrons. The summed E-state index contributed by atoms with van der Waals surface area (Å²) >= 11 is 0. The van der Waals surface area contributed by atoms with E-state index in [1.165, 1.54) is 6.26 Å². The molecule has 9 heteroatoms. The summed E-state index contributed by atoms with van der Waals surface area (Å²) in [6.07, 6.45) is 7.52. The zero-order valence-corrected chi connectivity index (χ0v) is 20.6. The zero-order valence-electron chi connectivity index (χ0n) is 19.8. The van der Waals surface area contributed by atoms with Gasteiger partial charge in [0.25, 0.3) is 0 Å². The average molecular weight is 473 g/mol. The topological polar surface area (TPSA) is 81.8 Å². The Morgan fingerprint density at radius 2 is 1.97 bits per heavy atom. The van der Waals surface area contributed by atoms with E-state index >= 15 is 0 Å². The second-order valence-electron chi connectivity index (χ2n) is 10.6. The van der Waals surface area contributed by atoms with Crippen LogP contribution in [-0.2, 0) is 14.8 Å². The maximum atomic E-state index is 14.4. The Morgan fingerprint density at radius 1 is 1.19 bits per heavy atom. The minimum absolute atomic E-state index is 0.0259. The highest BCUT2D eigenvalue weighted by Gasteiger charge is 2.46. The van der Waals surface area contributed by atoms with Crippen molar-refractivity contribution in [3.05, 3.63) is 0 Å². The lowest BCUT2D eigenvalue weighted by molar-refractivity contribution is -0.124. The molecule has 1 amide bonds. The van der Waals surface area contributed by atoms with Crippen LogP contribution in [0.5, 0.6) is 0 Å². The summed E-state index contributed by atoms with van der Waals surface area (Å²) in [6, 6.07) is 0.401. The number of fused-ring (bicyclic) bond motifs is 1. The molecular weight excluding hydrogens is 431 g/mol. The van der Waals surface area contributed by atoms with Gasteiger partial charge in [-0.2, -0.15) is 4.31 Å². The number of alkyl halides is 1. The predicted molar refractivity (Wildman–Crippen MR) is 124 cm³/mol. The van der Waals surface area contributed by atoms with E-state index in [-0.39, 0.29) is 36.0 Å². The van der Waals surface area contributed by atoms with E-state index in [4.69, 9.17) is 0 Å². The zero-order chi connectivity index (χ0) is 23.0. The molecule has 2 aliphatic carbocycles. The molecule has 2 N–H and O–H groups in total. The molecule has 0 aromatic heterocycles. The lowest BCUT2D eigenvalue weighted by Gasteiger charge is -2.36. The Morgan fingerprint density at radius 3 is 2.66 bits per heavy atom. The standard InChI is InChI=1S/C23H41FN4O3S/c1-4-28(32(3,30)31)18-10-11-27(14-18)17-7-5-6-16(12-17)25-23(29)21-13-19-20(24)9-8-15(2)22(19)26-21/h15-22,26H,4-14H2,1-3H3,(H,25,29)/t15?,16-,17+,18-,19?,20?,21?,22?/m1/s1. The van der Waals surface area contributed by atoms with Gasteiger partial charge in [-0.25, -0.2) is 12.8 Å². The van der Waals surface area contributed by atoms with Crippen LogP contribution >= 0.6 is 0 Å². The molecule has 0 aromatic carbocycles. The molecule has 8 atom stereocenters. The van der Waals surface area contributed by atoms with Crippen molar-refractivity contribution in [1.29, 1.82) is 0 Å². The first-order valence-corrected chi connectivity index (χ1v) is 14.4. The number of hydrogen-bond acceptors (Lipinski definition) is 5. The molecule has 2 heterocycles. The quantitative estimate of drug-likeness (QED) is 0.617. The molecule has 2 saturated carbocycles. The summed E-state index contributed by atoms with van der Waals surface area (Å²) in [4.78, 5) is 15.4. The number of carbonyl (C=O) groups excluding carboxylic acids is 1. The fourth-order valence-electron chi connectivity index (χ4n) is 6.83. The molecular formula is C23H41FN4O3S. The highest BCUT2D eigenvalue weighted by molar-refractivity contribution is 7.88. The van der Waals surface area contributed by atoms with E-state index < -0.39 is 16.2 Å². The van der Waals surface area contributed by atoms with Crippen LogP contribution in [0.1, 0.15) is 65.2 Å². The maximum absolute atomic E-state index is 14.4. The van der Waals surface area contributed by atoms with Gasteiger partial charge in [-0.05, 0) is 57.3 Å². The second-order valence-corrected chi connectivity index (χ2v) is 12.6. The van der Waals surface area contributed by atoms with Crippen molar-refractivity contribution in [2.24, 2.45) is 11.8 Å². The van der Waals surface area contributed by atoms with Crippen LogP contribution in [0.25, 0.3) is 0 Å². The number of rotatable bonds is 6. The first kappa shape index (κ1) is 24.4. The fraction of sp³-hybridized carbons (Fsp3) is 0.957. The lowest BCUT2D eigenvalue weighted by Crippen LogP contribution is -2.51. The van der Waals surface area contributed by atoms with Crippen molar-refractivity contribution < 1.29 is 17.6 Å². The lowest BCUT2D eigenvalue weighted by atomic mass is 9.77. The number of nitrogens with zero attached hydrogens (tertiary/aromatic N) is 2. The summed E-state index contributed by atoms with van der Waals surface area (Å²) in [5, 5.41) is 6.71. The third kappa shape index (κ3) is 5.15. The van der Waals surface area contributed by atoms with Crippen LogP contribution < -0.4 is 10.6 Å². The number of halogens is 1. The number of sulfonamides is 1. The van der Waals surface area contributed by atoms with Gasteiger partial charge in [0.05, 0.1) is 12.3 Å². The molecule has 4 rings (SSSR count). The van der Waals surface area contributed by atoms with Gasteiger partial charge in [-0.15, -0.1) is 0 Å². The monoisotopic (exact) mass is 472 g/mol. The van der Waals surface area contributed by atoms with Crippen LogP contribution in [0.4, 0.5) is 4.39 Å². The van der Waals surface area contributed by atoms with Gasteiger partial charge < -0.3 is 10.6 Å². The molecule has 2 aliphatic heterocycles. The maximum Gasteiger partial charge on any atom is 0.237 e. The van der Waals surface area contributed by atoms with Gasteiger partial charge in [0.1, 0.15) is 6.17 Å². The molecule has 4 fully saturated rings.